The number of rotatable bonds is 4. The smallest absolute Gasteiger partial charge is 0.123 e. The van der Waals surface area contributed by atoms with E-state index in [0.717, 1.165) is 11.3 Å². The third-order valence-electron chi connectivity index (χ3n) is 3.62. The highest BCUT2D eigenvalue weighted by Gasteiger charge is 2.19. The first kappa shape index (κ1) is 15.6. The average molecular weight is 283 g/mol. The Kier molecular flexibility index (Phi) is 4.69. The zero-order valence-electron chi connectivity index (χ0n) is 13.4. The summed E-state index contributed by atoms with van der Waals surface area (Å²) in [6, 6.07) is 16.4. The van der Waals surface area contributed by atoms with Crippen molar-refractivity contribution in [1.29, 1.82) is 0 Å². The number of hydrogen-bond donors (Lipinski definition) is 1. The molecule has 0 amide bonds. The van der Waals surface area contributed by atoms with Gasteiger partial charge in [0.05, 0.1) is 6.04 Å². The Hall–Kier alpha value is -1.80. The van der Waals surface area contributed by atoms with Gasteiger partial charge < -0.3 is 10.5 Å². The van der Waals surface area contributed by atoms with Crippen LogP contribution in [-0.2, 0) is 5.41 Å². The fourth-order valence-corrected chi connectivity index (χ4v) is 2.30. The molecule has 21 heavy (non-hydrogen) atoms. The first-order chi connectivity index (χ1) is 9.88. The van der Waals surface area contributed by atoms with Crippen LogP contribution in [0, 0.1) is 6.92 Å². The lowest BCUT2D eigenvalue weighted by atomic mass is 9.86. The third-order valence-corrected chi connectivity index (χ3v) is 3.62. The number of benzene rings is 2. The average Bonchev–Trinajstić information content (AvgIpc) is 2.45. The maximum absolute atomic E-state index is 6.23. The van der Waals surface area contributed by atoms with Gasteiger partial charge in [0.2, 0.25) is 0 Å². The van der Waals surface area contributed by atoms with Crippen molar-refractivity contribution in [3.05, 3.63) is 65.2 Å². The molecule has 2 N–H and O–H groups in total. The van der Waals surface area contributed by atoms with Crippen molar-refractivity contribution in [2.75, 3.05) is 6.61 Å². The number of aryl methyl sites for hydroxylation is 1. The van der Waals surface area contributed by atoms with Gasteiger partial charge in [0.25, 0.3) is 0 Å². The van der Waals surface area contributed by atoms with E-state index in [4.69, 9.17) is 10.5 Å². The van der Waals surface area contributed by atoms with Crippen LogP contribution in [-0.4, -0.2) is 6.61 Å². The molecule has 1 unspecified atom stereocenters. The molecule has 0 aromatic heterocycles. The fourth-order valence-electron chi connectivity index (χ4n) is 2.30. The summed E-state index contributed by atoms with van der Waals surface area (Å²) in [5, 5.41) is 0. The van der Waals surface area contributed by atoms with E-state index in [1.54, 1.807) is 0 Å². The second kappa shape index (κ2) is 6.31. The molecule has 0 aliphatic rings. The number of para-hydroxylation sites is 1. The Morgan fingerprint density at radius 1 is 1.00 bits per heavy atom. The molecule has 0 radical (unpaired) electrons. The summed E-state index contributed by atoms with van der Waals surface area (Å²) >= 11 is 0. The number of hydrogen-bond acceptors (Lipinski definition) is 2. The van der Waals surface area contributed by atoms with Gasteiger partial charge in [0, 0.05) is 0 Å². The highest BCUT2D eigenvalue weighted by atomic mass is 16.5. The summed E-state index contributed by atoms with van der Waals surface area (Å²) < 4.78 is 5.99. The van der Waals surface area contributed by atoms with Gasteiger partial charge >= 0.3 is 0 Å². The maximum atomic E-state index is 6.23. The van der Waals surface area contributed by atoms with Crippen LogP contribution in [0.5, 0.6) is 5.75 Å². The zero-order valence-corrected chi connectivity index (χ0v) is 13.4. The molecule has 0 spiro atoms. The molecule has 2 rings (SSSR count). The Labute approximate surface area is 127 Å². The van der Waals surface area contributed by atoms with Crippen LogP contribution in [0.2, 0.25) is 0 Å². The van der Waals surface area contributed by atoms with Crippen LogP contribution in [0.3, 0.4) is 0 Å². The van der Waals surface area contributed by atoms with Crippen LogP contribution in [0.1, 0.15) is 43.5 Å². The van der Waals surface area contributed by atoms with Crippen molar-refractivity contribution in [3.63, 3.8) is 0 Å². The van der Waals surface area contributed by atoms with Crippen LogP contribution < -0.4 is 10.5 Å². The Bertz CT molecular complexity index is 581. The molecule has 2 nitrogen and oxygen atoms in total. The topological polar surface area (TPSA) is 35.2 Å². The molecule has 0 heterocycles. The van der Waals surface area contributed by atoms with Gasteiger partial charge in [-0.2, -0.15) is 0 Å². The Morgan fingerprint density at radius 2 is 1.62 bits per heavy atom. The Balaban J connectivity index is 2.08. The quantitative estimate of drug-likeness (QED) is 0.904. The van der Waals surface area contributed by atoms with E-state index in [9.17, 15) is 0 Å². The molecule has 0 saturated carbocycles. The van der Waals surface area contributed by atoms with Crippen LogP contribution in [0.25, 0.3) is 0 Å². The second-order valence-electron chi connectivity index (χ2n) is 6.57. The normalized spacial score (nSPS) is 13.0. The lowest BCUT2D eigenvalue weighted by molar-refractivity contribution is 0.283. The minimum atomic E-state index is -0.112. The Morgan fingerprint density at radius 3 is 2.24 bits per heavy atom. The van der Waals surface area contributed by atoms with E-state index in [-0.39, 0.29) is 11.5 Å². The monoisotopic (exact) mass is 283 g/mol. The van der Waals surface area contributed by atoms with E-state index in [1.165, 1.54) is 11.1 Å². The van der Waals surface area contributed by atoms with E-state index < -0.39 is 0 Å². The van der Waals surface area contributed by atoms with Crippen molar-refractivity contribution in [2.24, 2.45) is 5.73 Å². The van der Waals surface area contributed by atoms with E-state index >= 15 is 0 Å². The minimum absolute atomic E-state index is 0.0601. The van der Waals surface area contributed by atoms with Gasteiger partial charge in [0.15, 0.2) is 0 Å². The summed E-state index contributed by atoms with van der Waals surface area (Å²) in [4.78, 5) is 0. The predicted octanol–water partition coefficient (Wildman–Crippen LogP) is 4.37. The van der Waals surface area contributed by atoms with Crippen LogP contribution in [0.15, 0.2) is 48.5 Å². The molecular weight excluding hydrogens is 258 g/mol. The second-order valence-corrected chi connectivity index (χ2v) is 6.57. The lowest BCUT2D eigenvalue weighted by Crippen LogP contribution is -2.21. The van der Waals surface area contributed by atoms with E-state index in [0.29, 0.717) is 6.61 Å². The molecule has 2 aromatic carbocycles. The van der Waals surface area contributed by atoms with Crippen molar-refractivity contribution in [2.45, 2.75) is 39.2 Å². The van der Waals surface area contributed by atoms with E-state index in [1.807, 2.05) is 18.2 Å². The summed E-state index contributed by atoms with van der Waals surface area (Å²) in [5.41, 5.74) is 9.84. The molecule has 0 bridgehead atoms. The highest BCUT2D eigenvalue weighted by molar-refractivity contribution is 5.38. The minimum Gasteiger partial charge on any atom is -0.491 e. The number of ether oxygens (including phenoxy) is 1. The molecular formula is C19H25NO. The largest absolute Gasteiger partial charge is 0.491 e. The third kappa shape index (κ3) is 4.08. The lowest BCUT2D eigenvalue weighted by Gasteiger charge is -2.23. The zero-order chi connectivity index (χ0) is 15.5. The molecule has 2 heteroatoms. The predicted molar refractivity (Wildman–Crippen MR) is 88.7 cm³/mol. The van der Waals surface area contributed by atoms with Crippen LogP contribution >= 0.6 is 0 Å². The molecule has 0 fully saturated rings. The highest BCUT2D eigenvalue weighted by Crippen LogP contribution is 2.31. The molecule has 112 valence electrons. The molecule has 0 saturated heterocycles. The van der Waals surface area contributed by atoms with Gasteiger partial charge in [-0.05, 0) is 29.5 Å². The standard InChI is InChI=1S/C19H25NO/c1-14-9-11-15(12-10-14)17(20)13-21-18-8-6-5-7-16(18)19(2,3)4/h5-12,17H,13,20H2,1-4H3. The fraction of sp³-hybridized carbons (Fsp3) is 0.368. The molecule has 1 atom stereocenters. The summed E-state index contributed by atoms with van der Waals surface area (Å²) in [6.45, 7) is 9.13. The maximum Gasteiger partial charge on any atom is 0.123 e. The first-order valence-corrected chi connectivity index (χ1v) is 7.42. The van der Waals surface area contributed by atoms with Crippen molar-refractivity contribution in [3.8, 4) is 5.75 Å². The summed E-state index contributed by atoms with van der Waals surface area (Å²) in [6.07, 6.45) is 0. The molecule has 0 aliphatic heterocycles. The van der Waals surface area contributed by atoms with E-state index in [2.05, 4.69) is 58.0 Å². The summed E-state index contributed by atoms with van der Waals surface area (Å²) in [7, 11) is 0. The number of nitrogens with two attached hydrogens (primary N) is 1. The van der Waals surface area contributed by atoms with Gasteiger partial charge in [0.1, 0.15) is 12.4 Å². The van der Waals surface area contributed by atoms with Crippen molar-refractivity contribution in [1.82, 2.24) is 0 Å². The van der Waals surface area contributed by atoms with Gasteiger partial charge in [-0.3, -0.25) is 0 Å². The van der Waals surface area contributed by atoms with Crippen molar-refractivity contribution < 1.29 is 4.74 Å². The van der Waals surface area contributed by atoms with Crippen molar-refractivity contribution >= 4 is 0 Å². The van der Waals surface area contributed by atoms with Gasteiger partial charge in [-0.15, -0.1) is 0 Å². The SMILES string of the molecule is Cc1ccc(C(N)COc2ccccc2C(C)(C)C)cc1. The summed E-state index contributed by atoms with van der Waals surface area (Å²) in [5.74, 6) is 0.924. The van der Waals surface area contributed by atoms with Crippen LogP contribution in [0.4, 0.5) is 0 Å². The molecule has 2 aromatic rings. The van der Waals surface area contributed by atoms with Gasteiger partial charge in [-0.1, -0.05) is 68.8 Å². The van der Waals surface area contributed by atoms with Gasteiger partial charge in [-0.25, -0.2) is 0 Å². The molecule has 0 aliphatic carbocycles. The first-order valence-electron chi connectivity index (χ1n) is 7.42.